The van der Waals surface area contributed by atoms with Crippen molar-refractivity contribution in [1.82, 2.24) is 5.32 Å². The van der Waals surface area contributed by atoms with Gasteiger partial charge in [0.2, 0.25) is 5.91 Å². The van der Waals surface area contributed by atoms with Crippen molar-refractivity contribution < 1.29 is 9.59 Å². The molecule has 0 aromatic heterocycles. The molecule has 1 aromatic carbocycles. The molecular weight excluding hydrogens is 366 g/mol. The molecule has 0 atom stereocenters. The molecule has 0 radical (unpaired) electrons. The van der Waals surface area contributed by atoms with Crippen LogP contribution in [0.25, 0.3) is 0 Å². The predicted octanol–water partition coefficient (Wildman–Crippen LogP) is 6.35. The molecule has 1 fully saturated rings. The average Bonchev–Trinajstić information content (AvgIpc) is 2.71. The molecule has 1 aromatic rings. The average molecular weight is 404 g/mol. The zero-order valence-corrected chi connectivity index (χ0v) is 18.9. The van der Waals surface area contributed by atoms with Gasteiger partial charge in [-0.25, -0.2) is 0 Å². The number of carbonyl (C=O) groups excluding carboxylic acids is 2. The van der Waals surface area contributed by atoms with Crippen LogP contribution in [0.4, 0.5) is 0 Å². The zero-order chi connectivity index (χ0) is 20.6. The maximum absolute atomic E-state index is 13.3. The molecule has 3 nitrogen and oxygen atoms in total. The molecule has 0 heterocycles. The number of thioether (sulfide) groups is 1. The summed E-state index contributed by atoms with van der Waals surface area (Å²) in [6.07, 6.45) is 8.87. The van der Waals surface area contributed by atoms with Gasteiger partial charge >= 0.3 is 0 Å². The van der Waals surface area contributed by atoms with Crippen LogP contribution in [0.2, 0.25) is 0 Å². The van der Waals surface area contributed by atoms with Crippen molar-refractivity contribution in [2.24, 2.45) is 17.3 Å². The first-order valence-corrected chi connectivity index (χ1v) is 11.8. The minimum absolute atomic E-state index is 0.00169. The van der Waals surface area contributed by atoms with Gasteiger partial charge in [0.15, 0.2) is 5.12 Å². The summed E-state index contributed by atoms with van der Waals surface area (Å²) in [4.78, 5) is 26.4. The number of hydrogen-bond donors (Lipinski definition) is 1. The summed E-state index contributed by atoms with van der Waals surface area (Å²) in [5.74, 6) is 0.836. The molecular formula is C24H37NO2S. The molecule has 1 saturated carbocycles. The molecule has 0 spiro atoms. The van der Waals surface area contributed by atoms with Crippen molar-refractivity contribution in [1.29, 1.82) is 0 Å². The lowest BCUT2D eigenvalue weighted by molar-refractivity contribution is -0.134. The Bertz CT molecular complexity index is 646. The van der Waals surface area contributed by atoms with E-state index in [4.69, 9.17) is 0 Å². The van der Waals surface area contributed by atoms with Crippen LogP contribution in [0.1, 0.15) is 84.6 Å². The molecule has 1 amide bonds. The molecule has 2 rings (SSSR count). The van der Waals surface area contributed by atoms with E-state index in [2.05, 4.69) is 19.2 Å². The summed E-state index contributed by atoms with van der Waals surface area (Å²) in [6.45, 7) is 8.82. The summed E-state index contributed by atoms with van der Waals surface area (Å²) in [5.41, 5.74) is 0.827. The monoisotopic (exact) mass is 403 g/mol. The van der Waals surface area contributed by atoms with Crippen molar-refractivity contribution in [2.45, 2.75) is 90.5 Å². The summed E-state index contributed by atoms with van der Waals surface area (Å²) in [6, 6.07) is 7.93. The zero-order valence-electron chi connectivity index (χ0n) is 18.1. The van der Waals surface area contributed by atoms with Crippen molar-refractivity contribution in [3.05, 3.63) is 29.8 Å². The van der Waals surface area contributed by atoms with E-state index in [0.717, 1.165) is 55.4 Å². The maximum Gasteiger partial charge on any atom is 0.226 e. The Hall–Kier alpha value is -1.29. The van der Waals surface area contributed by atoms with Crippen LogP contribution in [-0.2, 0) is 16.1 Å². The van der Waals surface area contributed by atoms with E-state index in [-0.39, 0.29) is 22.4 Å². The van der Waals surface area contributed by atoms with Gasteiger partial charge < -0.3 is 5.32 Å². The molecule has 1 aliphatic carbocycles. The number of rotatable bonds is 9. The van der Waals surface area contributed by atoms with Crippen molar-refractivity contribution >= 4 is 22.8 Å². The second-order valence-corrected chi connectivity index (χ2v) is 9.64. The van der Waals surface area contributed by atoms with Gasteiger partial charge in [-0.1, -0.05) is 89.8 Å². The van der Waals surface area contributed by atoms with E-state index in [1.54, 1.807) is 0 Å². The first kappa shape index (κ1) is 23.0. The molecule has 0 unspecified atom stereocenters. The van der Waals surface area contributed by atoms with Crippen molar-refractivity contribution in [3.8, 4) is 0 Å². The Kier molecular flexibility index (Phi) is 9.07. The van der Waals surface area contributed by atoms with Gasteiger partial charge in [-0.05, 0) is 36.8 Å². The summed E-state index contributed by atoms with van der Waals surface area (Å²) in [5, 5.41) is 3.41. The van der Waals surface area contributed by atoms with Crippen LogP contribution < -0.4 is 5.32 Å². The molecule has 0 saturated heterocycles. The van der Waals surface area contributed by atoms with Crippen molar-refractivity contribution in [2.75, 3.05) is 0 Å². The number of amides is 1. The fourth-order valence-corrected chi connectivity index (χ4v) is 5.09. The number of hydrogen-bond acceptors (Lipinski definition) is 3. The molecule has 156 valence electrons. The number of carbonyl (C=O) groups is 2. The van der Waals surface area contributed by atoms with Gasteiger partial charge in [0.1, 0.15) is 0 Å². The Labute approximate surface area is 175 Å². The first-order valence-electron chi connectivity index (χ1n) is 11.0. The Morgan fingerprint density at radius 1 is 1.07 bits per heavy atom. The minimum Gasteiger partial charge on any atom is -0.352 e. The van der Waals surface area contributed by atoms with E-state index >= 15 is 0 Å². The highest BCUT2D eigenvalue weighted by molar-refractivity contribution is 8.13. The quantitative estimate of drug-likeness (QED) is 0.488. The summed E-state index contributed by atoms with van der Waals surface area (Å²) in [7, 11) is 0. The second-order valence-electron chi connectivity index (χ2n) is 8.59. The van der Waals surface area contributed by atoms with Crippen LogP contribution in [0.5, 0.6) is 0 Å². The van der Waals surface area contributed by atoms with E-state index in [9.17, 15) is 9.59 Å². The largest absolute Gasteiger partial charge is 0.352 e. The van der Waals surface area contributed by atoms with Gasteiger partial charge in [-0.3, -0.25) is 9.59 Å². The maximum atomic E-state index is 13.3. The third-order valence-electron chi connectivity index (χ3n) is 6.22. The van der Waals surface area contributed by atoms with Gasteiger partial charge in [0.25, 0.3) is 0 Å². The Morgan fingerprint density at radius 3 is 2.32 bits per heavy atom. The molecule has 28 heavy (non-hydrogen) atoms. The lowest BCUT2D eigenvalue weighted by atomic mass is 9.67. The van der Waals surface area contributed by atoms with Gasteiger partial charge in [-0.2, -0.15) is 0 Å². The normalized spacial score (nSPS) is 16.4. The third-order valence-corrected chi connectivity index (χ3v) is 7.51. The summed E-state index contributed by atoms with van der Waals surface area (Å²) >= 11 is 1.29. The topological polar surface area (TPSA) is 46.2 Å². The van der Waals surface area contributed by atoms with E-state index in [1.165, 1.54) is 18.2 Å². The highest BCUT2D eigenvalue weighted by atomic mass is 32.2. The standard InChI is InChI=1S/C24H37NO2S/c1-5-19(6-2)16-24(14-10-7-11-15-24)23(27)25-17-20-12-8-9-13-21(20)28-22(26)18(3)4/h8-9,12-13,18-19H,5-7,10-11,14-17H2,1-4H3,(H,25,27). The van der Waals surface area contributed by atoms with E-state index in [0.29, 0.717) is 12.5 Å². The SMILES string of the molecule is CCC(CC)CC1(C(=O)NCc2ccccc2SC(=O)C(C)C)CCCCC1. The lowest BCUT2D eigenvalue weighted by Gasteiger charge is -2.38. The first-order chi connectivity index (χ1) is 13.4. The van der Waals surface area contributed by atoms with Crippen LogP contribution in [-0.4, -0.2) is 11.0 Å². The lowest BCUT2D eigenvalue weighted by Crippen LogP contribution is -2.43. The van der Waals surface area contributed by atoms with E-state index in [1.807, 2.05) is 38.1 Å². The number of benzene rings is 1. The summed E-state index contributed by atoms with van der Waals surface area (Å²) < 4.78 is 0. The molecule has 1 aliphatic rings. The Morgan fingerprint density at radius 2 is 1.71 bits per heavy atom. The fourth-order valence-electron chi connectivity index (χ4n) is 4.22. The van der Waals surface area contributed by atoms with E-state index < -0.39 is 0 Å². The molecule has 0 bridgehead atoms. The highest BCUT2D eigenvalue weighted by Crippen LogP contribution is 2.43. The van der Waals surface area contributed by atoms with Crippen molar-refractivity contribution in [3.63, 3.8) is 0 Å². The smallest absolute Gasteiger partial charge is 0.226 e. The van der Waals surface area contributed by atoms with Crippen LogP contribution in [0.3, 0.4) is 0 Å². The third kappa shape index (κ3) is 6.10. The number of nitrogens with one attached hydrogen (secondary N) is 1. The van der Waals surface area contributed by atoms with Gasteiger partial charge in [0, 0.05) is 22.8 Å². The molecule has 1 N–H and O–H groups in total. The van der Waals surface area contributed by atoms with Gasteiger partial charge in [0.05, 0.1) is 0 Å². The van der Waals surface area contributed by atoms with Crippen LogP contribution in [0.15, 0.2) is 29.2 Å². The Balaban J connectivity index is 2.09. The van der Waals surface area contributed by atoms with Gasteiger partial charge in [-0.15, -0.1) is 0 Å². The molecule has 4 heteroatoms. The predicted molar refractivity (Wildman–Crippen MR) is 118 cm³/mol. The molecule has 0 aliphatic heterocycles. The highest BCUT2D eigenvalue weighted by Gasteiger charge is 2.40. The van der Waals surface area contributed by atoms with Crippen LogP contribution >= 0.6 is 11.8 Å². The van der Waals surface area contributed by atoms with Crippen LogP contribution in [0, 0.1) is 17.3 Å². The minimum atomic E-state index is -0.204. The second kappa shape index (κ2) is 11.0. The fraction of sp³-hybridized carbons (Fsp3) is 0.667.